The van der Waals surface area contributed by atoms with Crippen molar-refractivity contribution in [2.75, 3.05) is 6.61 Å². The Morgan fingerprint density at radius 3 is 2.23 bits per heavy atom. The molecule has 0 aliphatic heterocycles. The number of rotatable bonds is 12. The molecule has 0 bridgehead atoms. The number of unbranched alkanes of at least 4 members (excludes halogenated alkanes) is 6. The Kier molecular flexibility index (Phi) is 9.84. The van der Waals surface area contributed by atoms with E-state index in [2.05, 4.69) is 19.1 Å². The SMILES string of the molecule is CCCCCCC/C=C\CCCOS(=O)(=O)c1ccccc1. The zero-order valence-corrected chi connectivity index (χ0v) is 14.4. The summed E-state index contributed by atoms with van der Waals surface area (Å²) < 4.78 is 28.7. The van der Waals surface area contributed by atoms with Crippen molar-refractivity contribution in [2.45, 2.75) is 63.2 Å². The van der Waals surface area contributed by atoms with Crippen molar-refractivity contribution in [3.05, 3.63) is 42.5 Å². The predicted octanol–water partition coefficient (Wildman–Crippen LogP) is 5.09. The molecule has 0 aromatic heterocycles. The zero-order valence-electron chi connectivity index (χ0n) is 13.5. The van der Waals surface area contributed by atoms with Crippen LogP contribution >= 0.6 is 0 Å². The van der Waals surface area contributed by atoms with E-state index in [1.165, 1.54) is 32.1 Å². The van der Waals surface area contributed by atoms with E-state index in [0.29, 0.717) is 0 Å². The Labute approximate surface area is 135 Å². The van der Waals surface area contributed by atoms with Crippen molar-refractivity contribution >= 4 is 10.1 Å². The fraction of sp³-hybridized carbons (Fsp3) is 0.556. The van der Waals surface area contributed by atoms with Crippen LogP contribution in [-0.4, -0.2) is 15.0 Å². The molecule has 0 atom stereocenters. The summed E-state index contributed by atoms with van der Waals surface area (Å²) in [5, 5.41) is 0. The van der Waals surface area contributed by atoms with Gasteiger partial charge in [-0.1, -0.05) is 63.0 Å². The maximum atomic E-state index is 11.9. The molecule has 0 saturated heterocycles. The molecule has 0 heterocycles. The Balaban J connectivity index is 2.08. The van der Waals surface area contributed by atoms with E-state index < -0.39 is 10.1 Å². The summed E-state index contributed by atoms with van der Waals surface area (Å²) in [4.78, 5) is 0.220. The minimum Gasteiger partial charge on any atom is -0.266 e. The van der Waals surface area contributed by atoms with Crippen LogP contribution in [0.3, 0.4) is 0 Å². The van der Waals surface area contributed by atoms with Crippen molar-refractivity contribution in [3.8, 4) is 0 Å². The van der Waals surface area contributed by atoms with Gasteiger partial charge in [-0.05, 0) is 37.8 Å². The smallest absolute Gasteiger partial charge is 0.266 e. The van der Waals surface area contributed by atoms with E-state index in [0.717, 1.165) is 19.3 Å². The normalized spacial score (nSPS) is 12.0. The van der Waals surface area contributed by atoms with Gasteiger partial charge in [0.25, 0.3) is 10.1 Å². The van der Waals surface area contributed by atoms with Gasteiger partial charge >= 0.3 is 0 Å². The van der Waals surface area contributed by atoms with E-state index in [9.17, 15) is 8.42 Å². The van der Waals surface area contributed by atoms with Crippen molar-refractivity contribution < 1.29 is 12.6 Å². The van der Waals surface area contributed by atoms with Crippen molar-refractivity contribution in [3.63, 3.8) is 0 Å². The lowest BCUT2D eigenvalue weighted by molar-refractivity contribution is 0.313. The molecule has 4 heteroatoms. The lowest BCUT2D eigenvalue weighted by atomic mass is 10.1. The van der Waals surface area contributed by atoms with Crippen LogP contribution in [0.25, 0.3) is 0 Å². The highest BCUT2D eigenvalue weighted by atomic mass is 32.2. The van der Waals surface area contributed by atoms with E-state index in [4.69, 9.17) is 4.18 Å². The van der Waals surface area contributed by atoms with Crippen LogP contribution < -0.4 is 0 Å². The molecule has 0 saturated carbocycles. The fourth-order valence-electron chi connectivity index (χ4n) is 2.13. The predicted molar refractivity (Wildman–Crippen MR) is 91.3 cm³/mol. The zero-order chi connectivity index (χ0) is 16.1. The summed E-state index contributed by atoms with van der Waals surface area (Å²) in [7, 11) is -3.59. The third kappa shape index (κ3) is 8.35. The van der Waals surface area contributed by atoms with Crippen LogP contribution in [0.2, 0.25) is 0 Å². The van der Waals surface area contributed by atoms with Crippen molar-refractivity contribution in [1.82, 2.24) is 0 Å². The Bertz CT molecular complexity index is 506. The number of hydrogen-bond acceptors (Lipinski definition) is 3. The Morgan fingerprint density at radius 2 is 1.55 bits per heavy atom. The second-order valence-electron chi connectivity index (χ2n) is 5.41. The van der Waals surface area contributed by atoms with Crippen LogP contribution in [0.5, 0.6) is 0 Å². The third-order valence-electron chi connectivity index (χ3n) is 3.43. The molecule has 22 heavy (non-hydrogen) atoms. The summed E-state index contributed by atoms with van der Waals surface area (Å²) >= 11 is 0. The van der Waals surface area contributed by atoms with Gasteiger partial charge in [-0.15, -0.1) is 0 Å². The van der Waals surface area contributed by atoms with E-state index in [1.54, 1.807) is 30.3 Å². The van der Waals surface area contributed by atoms with Crippen molar-refractivity contribution in [2.24, 2.45) is 0 Å². The monoisotopic (exact) mass is 324 g/mol. The molecule has 0 aliphatic rings. The van der Waals surface area contributed by atoms with Gasteiger partial charge < -0.3 is 0 Å². The summed E-state index contributed by atoms with van der Waals surface area (Å²) in [6, 6.07) is 8.27. The second-order valence-corrected chi connectivity index (χ2v) is 7.02. The summed E-state index contributed by atoms with van der Waals surface area (Å²) in [5.41, 5.74) is 0. The van der Waals surface area contributed by atoms with Gasteiger partial charge in [0.1, 0.15) is 0 Å². The number of hydrogen-bond donors (Lipinski definition) is 0. The van der Waals surface area contributed by atoms with Gasteiger partial charge in [0.15, 0.2) is 0 Å². The quantitative estimate of drug-likeness (QED) is 0.305. The molecule has 3 nitrogen and oxygen atoms in total. The summed E-state index contributed by atoms with van der Waals surface area (Å²) in [5.74, 6) is 0. The lowest BCUT2D eigenvalue weighted by Crippen LogP contribution is -2.07. The first-order valence-electron chi connectivity index (χ1n) is 8.26. The van der Waals surface area contributed by atoms with E-state index in [-0.39, 0.29) is 11.5 Å². The molecule has 0 spiro atoms. The highest BCUT2D eigenvalue weighted by Crippen LogP contribution is 2.12. The molecular weight excluding hydrogens is 296 g/mol. The summed E-state index contributed by atoms with van der Waals surface area (Å²) in [6.07, 6.45) is 13.5. The Morgan fingerprint density at radius 1 is 0.909 bits per heavy atom. The number of benzene rings is 1. The van der Waals surface area contributed by atoms with Crippen LogP contribution in [-0.2, 0) is 14.3 Å². The van der Waals surface area contributed by atoms with Gasteiger partial charge in [-0.2, -0.15) is 8.42 Å². The molecule has 0 amide bonds. The minimum atomic E-state index is -3.59. The molecule has 0 fully saturated rings. The van der Waals surface area contributed by atoms with E-state index >= 15 is 0 Å². The van der Waals surface area contributed by atoms with Gasteiger partial charge in [-0.3, -0.25) is 4.18 Å². The molecule has 0 unspecified atom stereocenters. The third-order valence-corrected chi connectivity index (χ3v) is 4.75. The maximum absolute atomic E-state index is 11.9. The topological polar surface area (TPSA) is 43.4 Å². The first-order chi connectivity index (χ1) is 10.7. The fourth-order valence-corrected chi connectivity index (χ4v) is 3.09. The average Bonchev–Trinajstić information content (AvgIpc) is 2.53. The molecule has 0 radical (unpaired) electrons. The van der Waals surface area contributed by atoms with Crippen LogP contribution in [0, 0.1) is 0 Å². The standard InChI is InChI=1S/C18H28O3S/c1-2-3-4-5-6-7-8-9-10-14-17-21-22(19,20)18-15-12-11-13-16-18/h8-9,11-13,15-16H,2-7,10,14,17H2,1H3/b9-8-. The highest BCUT2D eigenvalue weighted by molar-refractivity contribution is 7.86. The van der Waals surface area contributed by atoms with Gasteiger partial charge in [0.2, 0.25) is 0 Å². The van der Waals surface area contributed by atoms with Crippen molar-refractivity contribution in [1.29, 1.82) is 0 Å². The maximum Gasteiger partial charge on any atom is 0.296 e. The highest BCUT2D eigenvalue weighted by Gasteiger charge is 2.13. The van der Waals surface area contributed by atoms with Gasteiger partial charge in [-0.25, -0.2) is 0 Å². The number of allylic oxidation sites excluding steroid dienone is 2. The molecule has 1 aromatic carbocycles. The van der Waals surface area contributed by atoms with E-state index in [1.807, 2.05) is 0 Å². The van der Waals surface area contributed by atoms with Gasteiger partial charge in [0, 0.05) is 0 Å². The summed E-state index contributed by atoms with van der Waals surface area (Å²) in [6.45, 7) is 2.46. The largest absolute Gasteiger partial charge is 0.296 e. The van der Waals surface area contributed by atoms with Crippen LogP contribution in [0.4, 0.5) is 0 Å². The molecular formula is C18H28O3S. The van der Waals surface area contributed by atoms with Crippen LogP contribution in [0.15, 0.2) is 47.4 Å². The van der Waals surface area contributed by atoms with Gasteiger partial charge in [0.05, 0.1) is 11.5 Å². The van der Waals surface area contributed by atoms with Crippen LogP contribution in [0.1, 0.15) is 58.3 Å². The molecule has 0 aliphatic carbocycles. The molecule has 1 aromatic rings. The first kappa shape index (κ1) is 18.9. The second kappa shape index (κ2) is 11.4. The first-order valence-corrected chi connectivity index (χ1v) is 9.67. The minimum absolute atomic E-state index is 0.220. The average molecular weight is 324 g/mol. The molecule has 1 rings (SSSR count). The molecule has 0 N–H and O–H groups in total. The molecule has 124 valence electrons. The Hall–Kier alpha value is -1.13. The lowest BCUT2D eigenvalue weighted by Gasteiger charge is -2.04.